The minimum atomic E-state index is -3.72. The fraction of sp³-hybridized carbons (Fsp3) is 0.133. The van der Waals surface area contributed by atoms with Gasteiger partial charge in [0.15, 0.2) is 0 Å². The molecule has 0 aliphatic heterocycles. The number of nitriles is 1. The second-order valence-corrected chi connectivity index (χ2v) is 6.77. The Morgan fingerprint density at radius 1 is 1.10 bits per heavy atom. The number of halogens is 1. The lowest BCUT2D eigenvalue weighted by atomic mass is 10.1. The third-order valence-corrected chi connectivity index (χ3v) is 4.67. The van der Waals surface area contributed by atoms with Gasteiger partial charge in [-0.25, -0.2) is 8.42 Å². The fourth-order valence-electron chi connectivity index (χ4n) is 1.84. The highest BCUT2D eigenvalue weighted by Gasteiger charge is 2.16. The van der Waals surface area contributed by atoms with Gasteiger partial charge in [0.25, 0.3) is 10.0 Å². The quantitative estimate of drug-likeness (QED) is 0.938. The molecule has 0 atom stereocenters. The molecule has 0 aliphatic carbocycles. The average Bonchev–Trinajstić information content (AvgIpc) is 2.42. The molecule has 4 nitrogen and oxygen atoms in total. The highest BCUT2D eigenvalue weighted by molar-refractivity contribution is 7.92. The van der Waals surface area contributed by atoms with Crippen LogP contribution >= 0.6 is 11.6 Å². The standard InChI is InChI=1S/C15H13ClN2O2S/c1-10-3-5-13(16)8-15(10)18-21(19,20)14-6-4-12(9-17)11(2)7-14/h3-8,18H,1-2H3. The molecule has 0 bridgehead atoms. The van der Waals surface area contributed by atoms with Crippen molar-refractivity contribution in [1.29, 1.82) is 5.26 Å². The SMILES string of the molecule is Cc1cc(S(=O)(=O)Nc2cc(Cl)ccc2C)ccc1C#N. The van der Waals surface area contributed by atoms with Crippen molar-refractivity contribution in [2.75, 3.05) is 4.72 Å². The molecule has 108 valence electrons. The summed E-state index contributed by atoms with van der Waals surface area (Å²) in [5.74, 6) is 0. The van der Waals surface area contributed by atoms with Crippen molar-refractivity contribution in [1.82, 2.24) is 0 Å². The third-order valence-electron chi connectivity index (χ3n) is 3.07. The van der Waals surface area contributed by atoms with Gasteiger partial charge in [-0.1, -0.05) is 17.7 Å². The highest BCUT2D eigenvalue weighted by atomic mass is 35.5. The Bertz CT molecular complexity index is 839. The van der Waals surface area contributed by atoms with Gasteiger partial charge in [0.2, 0.25) is 0 Å². The zero-order chi connectivity index (χ0) is 15.6. The number of aryl methyl sites for hydroxylation is 2. The second kappa shape index (κ2) is 5.76. The van der Waals surface area contributed by atoms with Gasteiger partial charge >= 0.3 is 0 Å². The number of sulfonamides is 1. The molecule has 0 aliphatic rings. The first kappa shape index (κ1) is 15.4. The Kier molecular flexibility index (Phi) is 4.21. The molecule has 1 N–H and O–H groups in total. The van der Waals surface area contributed by atoms with Gasteiger partial charge in [-0.15, -0.1) is 0 Å². The van der Waals surface area contributed by atoms with Crippen molar-refractivity contribution in [2.45, 2.75) is 18.7 Å². The molecule has 6 heteroatoms. The zero-order valence-electron chi connectivity index (χ0n) is 11.5. The lowest BCUT2D eigenvalue weighted by Crippen LogP contribution is -2.14. The van der Waals surface area contributed by atoms with Gasteiger partial charge in [0.1, 0.15) is 0 Å². The molecule has 2 aromatic rings. The topological polar surface area (TPSA) is 70.0 Å². The van der Waals surface area contributed by atoms with Crippen LogP contribution in [-0.2, 0) is 10.0 Å². The smallest absolute Gasteiger partial charge is 0.261 e. The summed E-state index contributed by atoms with van der Waals surface area (Å²) in [5, 5.41) is 9.34. The van der Waals surface area contributed by atoms with E-state index in [-0.39, 0.29) is 4.90 Å². The van der Waals surface area contributed by atoms with Gasteiger partial charge < -0.3 is 0 Å². The van der Waals surface area contributed by atoms with E-state index in [0.29, 0.717) is 21.8 Å². The summed E-state index contributed by atoms with van der Waals surface area (Å²) in [6.45, 7) is 3.49. The average molecular weight is 321 g/mol. The van der Waals surface area contributed by atoms with E-state index in [2.05, 4.69) is 4.72 Å². The van der Waals surface area contributed by atoms with Crippen LogP contribution in [0.25, 0.3) is 0 Å². The predicted molar refractivity (Wildman–Crippen MR) is 82.9 cm³/mol. The first-order valence-corrected chi connectivity index (χ1v) is 7.99. The number of hydrogen-bond donors (Lipinski definition) is 1. The summed E-state index contributed by atoms with van der Waals surface area (Å²) < 4.78 is 27.3. The molecule has 0 radical (unpaired) electrons. The zero-order valence-corrected chi connectivity index (χ0v) is 13.1. The van der Waals surface area contributed by atoms with E-state index in [1.165, 1.54) is 18.2 Å². The molecule has 0 saturated carbocycles. The number of anilines is 1. The fourth-order valence-corrected chi connectivity index (χ4v) is 3.22. The monoisotopic (exact) mass is 320 g/mol. The molecule has 21 heavy (non-hydrogen) atoms. The Labute approximate surface area is 129 Å². The minimum absolute atomic E-state index is 0.110. The second-order valence-electron chi connectivity index (χ2n) is 4.65. The summed E-state index contributed by atoms with van der Waals surface area (Å²) in [6.07, 6.45) is 0. The van der Waals surface area contributed by atoms with E-state index in [9.17, 15) is 8.42 Å². The lowest BCUT2D eigenvalue weighted by Gasteiger charge is -2.11. The van der Waals surface area contributed by atoms with E-state index in [0.717, 1.165) is 5.56 Å². The van der Waals surface area contributed by atoms with Gasteiger partial charge in [-0.05, 0) is 55.3 Å². The van der Waals surface area contributed by atoms with Crippen LogP contribution in [0, 0.1) is 25.2 Å². The highest BCUT2D eigenvalue weighted by Crippen LogP contribution is 2.24. The maximum atomic E-state index is 12.4. The Hall–Kier alpha value is -2.03. The van der Waals surface area contributed by atoms with Crippen LogP contribution < -0.4 is 4.72 Å². The van der Waals surface area contributed by atoms with Crippen LogP contribution in [-0.4, -0.2) is 8.42 Å². The molecule has 2 rings (SSSR count). The number of benzene rings is 2. The van der Waals surface area contributed by atoms with E-state index in [1.54, 1.807) is 32.0 Å². The summed E-state index contributed by atoms with van der Waals surface area (Å²) in [6, 6.07) is 11.4. The summed E-state index contributed by atoms with van der Waals surface area (Å²) in [7, 11) is -3.72. The van der Waals surface area contributed by atoms with Crippen LogP contribution in [0.5, 0.6) is 0 Å². The number of hydrogen-bond acceptors (Lipinski definition) is 3. The summed E-state index contributed by atoms with van der Waals surface area (Å²) in [4.78, 5) is 0.110. The number of nitrogens with zero attached hydrogens (tertiary/aromatic N) is 1. The molecular formula is C15H13ClN2O2S. The van der Waals surface area contributed by atoms with Crippen molar-refractivity contribution in [3.8, 4) is 6.07 Å². The minimum Gasteiger partial charge on any atom is -0.279 e. The van der Waals surface area contributed by atoms with Gasteiger partial charge in [-0.2, -0.15) is 5.26 Å². The van der Waals surface area contributed by atoms with E-state index in [4.69, 9.17) is 16.9 Å². The summed E-state index contributed by atoms with van der Waals surface area (Å²) >= 11 is 5.89. The predicted octanol–water partition coefficient (Wildman–Crippen LogP) is 3.63. The Balaban J connectivity index is 2.41. The molecule has 2 aromatic carbocycles. The molecule has 0 spiro atoms. The molecule has 0 saturated heterocycles. The summed E-state index contributed by atoms with van der Waals surface area (Å²) in [5.41, 5.74) is 2.27. The van der Waals surface area contributed by atoms with Gasteiger partial charge in [-0.3, -0.25) is 4.72 Å². The van der Waals surface area contributed by atoms with Crippen molar-refractivity contribution >= 4 is 27.3 Å². The maximum Gasteiger partial charge on any atom is 0.261 e. The molecule has 0 fully saturated rings. The van der Waals surface area contributed by atoms with E-state index >= 15 is 0 Å². The molecule has 0 aromatic heterocycles. The Morgan fingerprint density at radius 3 is 2.43 bits per heavy atom. The molecular weight excluding hydrogens is 308 g/mol. The van der Waals surface area contributed by atoms with Crippen molar-refractivity contribution < 1.29 is 8.42 Å². The van der Waals surface area contributed by atoms with E-state index < -0.39 is 10.0 Å². The molecule has 0 amide bonds. The van der Waals surface area contributed by atoms with E-state index in [1.807, 2.05) is 6.07 Å². The van der Waals surface area contributed by atoms with Crippen molar-refractivity contribution in [3.63, 3.8) is 0 Å². The van der Waals surface area contributed by atoms with Crippen LogP contribution in [0.4, 0.5) is 5.69 Å². The van der Waals surface area contributed by atoms with Crippen LogP contribution in [0.3, 0.4) is 0 Å². The van der Waals surface area contributed by atoms with Crippen molar-refractivity contribution in [3.05, 3.63) is 58.1 Å². The van der Waals surface area contributed by atoms with Gasteiger partial charge in [0, 0.05) is 5.02 Å². The third kappa shape index (κ3) is 3.35. The molecule has 0 unspecified atom stereocenters. The Morgan fingerprint density at radius 2 is 1.81 bits per heavy atom. The van der Waals surface area contributed by atoms with Crippen LogP contribution in [0.2, 0.25) is 5.02 Å². The molecule has 0 heterocycles. The van der Waals surface area contributed by atoms with Crippen molar-refractivity contribution in [2.24, 2.45) is 0 Å². The van der Waals surface area contributed by atoms with Gasteiger partial charge in [0.05, 0.1) is 22.2 Å². The maximum absolute atomic E-state index is 12.4. The van der Waals surface area contributed by atoms with Crippen LogP contribution in [0.15, 0.2) is 41.3 Å². The number of rotatable bonds is 3. The lowest BCUT2D eigenvalue weighted by molar-refractivity contribution is 0.601. The van der Waals surface area contributed by atoms with Crippen LogP contribution in [0.1, 0.15) is 16.7 Å². The normalized spacial score (nSPS) is 11.0. The first-order valence-electron chi connectivity index (χ1n) is 6.13. The largest absolute Gasteiger partial charge is 0.279 e. The number of nitrogens with one attached hydrogen (secondary N) is 1. The first-order chi connectivity index (χ1) is 9.83.